The number of aromatic amines is 1. The molecule has 0 radical (unpaired) electrons. The minimum Gasteiger partial charge on any atom is -0.339 e. The number of benzene rings is 1. The van der Waals surface area contributed by atoms with Gasteiger partial charge in [-0.25, -0.2) is 0 Å². The molecule has 1 aromatic heterocycles. The number of fused-ring (bicyclic) bond motifs is 1. The van der Waals surface area contributed by atoms with Crippen molar-refractivity contribution in [3.63, 3.8) is 0 Å². The Bertz CT molecular complexity index is 801. The van der Waals surface area contributed by atoms with Crippen LogP contribution in [0.5, 0.6) is 0 Å². The van der Waals surface area contributed by atoms with Gasteiger partial charge in [-0.3, -0.25) is 9.59 Å². The fourth-order valence-electron chi connectivity index (χ4n) is 3.96. The van der Waals surface area contributed by atoms with Crippen molar-refractivity contribution in [1.82, 2.24) is 15.2 Å². The predicted molar refractivity (Wildman–Crippen MR) is 96.9 cm³/mol. The molecule has 2 aliphatic heterocycles. The van der Waals surface area contributed by atoms with Gasteiger partial charge in [0.2, 0.25) is 5.56 Å². The van der Waals surface area contributed by atoms with E-state index in [4.69, 9.17) is 0 Å². The molecule has 24 heavy (non-hydrogen) atoms. The van der Waals surface area contributed by atoms with Gasteiger partial charge in [-0.1, -0.05) is 18.2 Å². The van der Waals surface area contributed by atoms with Crippen molar-refractivity contribution in [2.24, 2.45) is 5.41 Å². The third-order valence-electron chi connectivity index (χ3n) is 5.42. The maximum Gasteiger partial charge on any atom is 0.254 e. The lowest BCUT2D eigenvalue weighted by Crippen LogP contribution is -2.44. The highest BCUT2D eigenvalue weighted by Crippen LogP contribution is 2.37. The van der Waals surface area contributed by atoms with Crippen LogP contribution in [0.1, 0.15) is 29.6 Å². The SMILES string of the molecule is Cl.O=C(c1cc(=O)[nH]c2ccccc12)N1CCC2(CCNC2)CC1. The summed E-state index contributed by atoms with van der Waals surface area (Å²) >= 11 is 0. The van der Waals surface area contributed by atoms with E-state index >= 15 is 0 Å². The second-order valence-electron chi connectivity index (χ2n) is 6.81. The van der Waals surface area contributed by atoms with Crippen molar-refractivity contribution in [3.05, 3.63) is 46.2 Å². The first kappa shape index (κ1) is 17.0. The number of likely N-dealkylation sites (tertiary alicyclic amines) is 1. The van der Waals surface area contributed by atoms with Gasteiger partial charge in [-0.05, 0) is 37.3 Å². The van der Waals surface area contributed by atoms with E-state index in [1.807, 2.05) is 29.2 Å². The molecule has 2 aromatic rings. The molecular weight excluding hydrogens is 326 g/mol. The monoisotopic (exact) mass is 347 g/mol. The summed E-state index contributed by atoms with van der Waals surface area (Å²) in [6.45, 7) is 3.72. The molecule has 0 bridgehead atoms. The Morgan fingerprint density at radius 2 is 1.88 bits per heavy atom. The smallest absolute Gasteiger partial charge is 0.254 e. The Balaban J connectivity index is 0.00000169. The maximum atomic E-state index is 12.9. The molecule has 128 valence electrons. The first-order valence-electron chi connectivity index (χ1n) is 8.29. The van der Waals surface area contributed by atoms with Gasteiger partial charge in [0, 0.05) is 36.6 Å². The molecule has 2 N–H and O–H groups in total. The molecule has 6 heteroatoms. The number of H-pyrrole nitrogens is 1. The molecule has 0 saturated carbocycles. The number of hydrogen-bond donors (Lipinski definition) is 2. The number of hydrogen-bond acceptors (Lipinski definition) is 3. The number of rotatable bonds is 1. The third-order valence-corrected chi connectivity index (χ3v) is 5.42. The van der Waals surface area contributed by atoms with Crippen LogP contribution in [0.15, 0.2) is 35.1 Å². The van der Waals surface area contributed by atoms with Gasteiger partial charge in [0.05, 0.1) is 5.56 Å². The number of carbonyl (C=O) groups excluding carboxylic acids is 1. The Kier molecular flexibility index (Phi) is 4.65. The fourth-order valence-corrected chi connectivity index (χ4v) is 3.96. The highest BCUT2D eigenvalue weighted by Gasteiger charge is 2.38. The summed E-state index contributed by atoms with van der Waals surface area (Å²) in [4.78, 5) is 29.5. The average Bonchev–Trinajstić information content (AvgIpc) is 3.02. The molecule has 2 aliphatic rings. The molecule has 2 saturated heterocycles. The Hall–Kier alpha value is -1.85. The van der Waals surface area contributed by atoms with Gasteiger partial charge < -0.3 is 15.2 Å². The molecule has 1 spiro atoms. The summed E-state index contributed by atoms with van der Waals surface area (Å²) in [5.74, 6) is -0.0203. The number of amides is 1. The van der Waals surface area contributed by atoms with Crippen molar-refractivity contribution in [1.29, 1.82) is 0 Å². The number of nitrogens with zero attached hydrogens (tertiary/aromatic N) is 1. The number of pyridine rings is 1. The van der Waals surface area contributed by atoms with Gasteiger partial charge in [-0.2, -0.15) is 0 Å². The quantitative estimate of drug-likeness (QED) is 0.831. The van der Waals surface area contributed by atoms with Crippen molar-refractivity contribution in [2.75, 3.05) is 26.2 Å². The van der Waals surface area contributed by atoms with Gasteiger partial charge in [0.25, 0.3) is 5.91 Å². The van der Waals surface area contributed by atoms with E-state index in [0.717, 1.165) is 49.9 Å². The topological polar surface area (TPSA) is 65.2 Å². The molecule has 5 nitrogen and oxygen atoms in total. The van der Waals surface area contributed by atoms with Crippen LogP contribution in [0, 0.1) is 5.41 Å². The van der Waals surface area contributed by atoms with Crippen LogP contribution in [0.2, 0.25) is 0 Å². The number of piperidine rings is 1. The van der Waals surface area contributed by atoms with E-state index in [9.17, 15) is 9.59 Å². The van der Waals surface area contributed by atoms with Crippen LogP contribution in [0.25, 0.3) is 10.9 Å². The number of carbonyl (C=O) groups is 1. The summed E-state index contributed by atoms with van der Waals surface area (Å²) in [6.07, 6.45) is 3.31. The second-order valence-corrected chi connectivity index (χ2v) is 6.81. The van der Waals surface area contributed by atoms with Crippen molar-refractivity contribution in [3.8, 4) is 0 Å². The predicted octanol–water partition coefficient (Wildman–Crippen LogP) is 2.17. The van der Waals surface area contributed by atoms with E-state index in [2.05, 4.69) is 10.3 Å². The molecule has 2 fully saturated rings. The largest absolute Gasteiger partial charge is 0.339 e. The van der Waals surface area contributed by atoms with Crippen LogP contribution < -0.4 is 10.9 Å². The highest BCUT2D eigenvalue weighted by molar-refractivity contribution is 6.05. The number of aromatic nitrogens is 1. The van der Waals surface area contributed by atoms with Gasteiger partial charge in [0.1, 0.15) is 0 Å². The van der Waals surface area contributed by atoms with Crippen molar-refractivity contribution >= 4 is 29.2 Å². The van der Waals surface area contributed by atoms with Crippen LogP contribution in [-0.2, 0) is 0 Å². The normalized spacial score (nSPS) is 19.4. The molecule has 0 aliphatic carbocycles. The summed E-state index contributed by atoms with van der Waals surface area (Å²) in [6, 6.07) is 8.93. The first-order chi connectivity index (χ1) is 11.2. The number of para-hydroxylation sites is 1. The van der Waals surface area contributed by atoms with Crippen molar-refractivity contribution in [2.45, 2.75) is 19.3 Å². The molecule has 3 heterocycles. The zero-order valence-corrected chi connectivity index (χ0v) is 14.3. The Labute approximate surface area is 146 Å². The van der Waals surface area contributed by atoms with Gasteiger partial charge in [-0.15, -0.1) is 12.4 Å². The molecule has 0 atom stereocenters. The summed E-state index contributed by atoms with van der Waals surface area (Å²) in [5, 5.41) is 4.26. The van der Waals surface area contributed by atoms with Crippen LogP contribution >= 0.6 is 12.4 Å². The van der Waals surface area contributed by atoms with Crippen LogP contribution in [-0.4, -0.2) is 42.0 Å². The standard InChI is InChI=1S/C18H21N3O2.ClH/c22-16-11-14(13-3-1-2-4-15(13)20-16)17(23)21-9-6-18(7-10-21)5-8-19-12-18;/h1-4,11,19H,5-10,12H2,(H,20,22);1H. The minimum absolute atomic E-state index is 0. The van der Waals surface area contributed by atoms with E-state index in [1.54, 1.807) is 0 Å². The second kappa shape index (κ2) is 6.57. The minimum atomic E-state index is -0.222. The molecule has 1 aromatic carbocycles. The molecule has 4 rings (SSSR count). The molecule has 1 amide bonds. The van der Waals surface area contributed by atoms with E-state index in [-0.39, 0.29) is 23.9 Å². The van der Waals surface area contributed by atoms with E-state index in [1.165, 1.54) is 12.5 Å². The van der Waals surface area contributed by atoms with Gasteiger partial charge >= 0.3 is 0 Å². The molecule has 0 unspecified atom stereocenters. The average molecular weight is 348 g/mol. The zero-order chi connectivity index (χ0) is 15.9. The van der Waals surface area contributed by atoms with Crippen molar-refractivity contribution < 1.29 is 4.79 Å². The van der Waals surface area contributed by atoms with Crippen LogP contribution in [0.4, 0.5) is 0 Å². The fraction of sp³-hybridized carbons (Fsp3) is 0.444. The lowest BCUT2D eigenvalue weighted by atomic mass is 9.77. The first-order valence-corrected chi connectivity index (χ1v) is 8.29. The lowest BCUT2D eigenvalue weighted by molar-refractivity contribution is 0.0609. The third kappa shape index (κ3) is 2.94. The van der Waals surface area contributed by atoms with E-state index in [0.29, 0.717) is 11.0 Å². The zero-order valence-electron chi connectivity index (χ0n) is 13.5. The highest BCUT2D eigenvalue weighted by atomic mass is 35.5. The van der Waals surface area contributed by atoms with Crippen LogP contribution in [0.3, 0.4) is 0 Å². The summed E-state index contributed by atoms with van der Waals surface area (Å²) < 4.78 is 0. The Morgan fingerprint density at radius 3 is 2.58 bits per heavy atom. The summed E-state index contributed by atoms with van der Waals surface area (Å²) in [7, 11) is 0. The maximum absolute atomic E-state index is 12.9. The molecular formula is C18H22ClN3O2. The lowest BCUT2D eigenvalue weighted by Gasteiger charge is -2.39. The number of halogens is 1. The summed E-state index contributed by atoms with van der Waals surface area (Å²) in [5.41, 5.74) is 1.40. The Morgan fingerprint density at radius 1 is 1.12 bits per heavy atom. The van der Waals surface area contributed by atoms with E-state index < -0.39 is 0 Å². The number of nitrogens with one attached hydrogen (secondary N) is 2. The van der Waals surface area contributed by atoms with Gasteiger partial charge in [0.15, 0.2) is 0 Å².